The Kier molecular flexibility index (Phi) is 5.57. The van der Waals surface area contributed by atoms with E-state index >= 15 is 0 Å². The smallest absolute Gasteiger partial charge is 0.254 e. The summed E-state index contributed by atoms with van der Waals surface area (Å²) in [7, 11) is 0. The number of likely N-dealkylation sites (tertiary alicyclic amines) is 1. The molecule has 1 N–H and O–H groups in total. The van der Waals surface area contributed by atoms with Gasteiger partial charge in [-0.2, -0.15) is 5.10 Å². The third-order valence-electron chi connectivity index (χ3n) is 5.21. The molecule has 1 saturated heterocycles. The predicted molar refractivity (Wildman–Crippen MR) is 110 cm³/mol. The van der Waals surface area contributed by atoms with E-state index < -0.39 is 0 Å². The van der Waals surface area contributed by atoms with Gasteiger partial charge in [0.2, 0.25) is 0 Å². The quantitative estimate of drug-likeness (QED) is 0.858. The van der Waals surface area contributed by atoms with Gasteiger partial charge in [-0.25, -0.2) is 14.6 Å². The lowest BCUT2D eigenvalue weighted by Gasteiger charge is -2.49. The number of carbonyl (C=O) groups is 1. The van der Waals surface area contributed by atoms with Gasteiger partial charge in [-0.05, 0) is 53.0 Å². The number of nitrogens with one attached hydrogen (secondary N) is 1. The van der Waals surface area contributed by atoms with Gasteiger partial charge in [0.05, 0.1) is 11.3 Å². The molecular weight excluding hydrogens is 352 g/mol. The van der Waals surface area contributed by atoms with E-state index in [2.05, 4.69) is 46.1 Å². The highest BCUT2D eigenvalue weighted by Gasteiger charge is 2.36. The van der Waals surface area contributed by atoms with Crippen molar-refractivity contribution >= 4 is 5.91 Å². The van der Waals surface area contributed by atoms with Crippen LogP contribution in [0.1, 0.15) is 74.4 Å². The maximum Gasteiger partial charge on any atom is 0.254 e. The highest BCUT2D eigenvalue weighted by molar-refractivity contribution is 5.95. The maximum atomic E-state index is 12.9. The average Bonchev–Trinajstić information content (AvgIpc) is 2.96. The molecule has 1 atom stereocenters. The number of nitrogens with zero attached hydrogens (tertiary/aromatic N) is 5. The van der Waals surface area contributed by atoms with Crippen LogP contribution in [0, 0.1) is 13.8 Å². The topological polar surface area (TPSA) is 75.9 Å². The Morgan fingerprint density at radius 2 is 1.89 bits per heavy atom. The summed E-state index contributed by atoms with van der Waals surface area (Å²) < 4.78 is 1.62. The Bertz CT molecular complexity index is 844. The molecular formula is C21H32N6O. The highest BCUT2D eigenvalue weighted by atomic mass is 16.1. The number of aryl methyl sites for hydroxylation is 2. The number of amides is 1. The normalized spacial score (nSPS) is 17.6. The van der Waals surface area contributed by atoms with E-state index in [0.29, 0.717) is 24.1 Å². The fraction of sp³-hybridized carbons (Fsp3) is 0.619. The van der Waals surface area contributed by atoms with Crippen LogP contribution in [-0.4, -0.2) is 55.2 Å². The zero-order valence-electron chi connectivity index (χ0n) is 18.1. The van der Waals surface area contributed by atoms with Gasteiger partial charge in [-0.1, -0.05) is 13.8 Å². The van der Waals surface area contributed by atoms with Crippen LogP contribution in [-0.2, 0) is 0 Å². The molecule has 28 heavy (non-hydrogen) atoms. The SMILES string of the molecule is Cc1cc(C)nc(-n2cc(C(=O)NCC3CCN3C(C)(C)C)c(C(C)C)n2)n1. The van der Waals surface area contributed by atoms with Crippen molar-refractivity contribution < 1.29 is 4.79 Å². The lowest BCUT2D eigenvalue weighted by molar-refractivity contribution is 0.00279. The van der Waals surface area contributed by atoms with Crippen LogP contribution in [0.4, 0.5) is 0 Å². The molecule has 0 aromatic carbocycles. The van der Waals surface area contributed by atoms with Gasteiger partial charge in [0.25, 0.3) is 11.9 Å². The zero-order valence-corrected chi connectivity index (χ0v) is 18.1. The lowest BCUT2D eigenvalue weighted by atomic mass is 9.93. The molecule has 0 saturated carbocycles. The van der Waals surface area contributed by atoms with Crippen LogP contribution in [0.2, 0.25) is 0 Å². The monoisotopic (exact) mass is 384 g/mol. The molecule has 1 fully saturated rings. The molecule has 3 rings (SSSR count). The fourth-order valence-corrected chi connectivity index (χ4v) is 3.74. The lowest BCUT2D eigenvalue weighted by Crippen LogP contribution is -2.60. The van der Waals surface area contributed by atoms with Crippen LogP contribution < -0.4 is 5.32 Å². The molecule has 0 radical (unpaired) electrons. The Morgan fingerprint density at radius 1 is 1.25 bits per heavy atom. The second kappa shape index (κ2) is 7.62. The molecule has 0 spiro atoms. The molecule has 3 heterocycles. The van der Waals surface area contributed by atoms with Crippen LogP contribution >= 0.6 is 0 Å². The number of rotatable bonds is 5. The summed E-state index contributed by atoms with van der Waals surface area (Å²) in [6.07, 6.45) is 2.87. The van der Waals surface area contributed by atoms with Crippen molar-refractivity contribution in [2.24, 2.45) is 0 Å². The average molecular weight is 385 g/mol. The molecule has 1 aliphatic rings. The Labute approximate surface area is 167 Å². The van der Waals surface area contributed by atoms with E-state index in [1.165, 1.54) is 0 Å². The van der Waals surface area contributed by atoms with E-state index in [0.717, 1.165) is 30.0 Å². The van der Waals surface area contributed by atoms with Crippen molar-refractivity contribution in [2.75, 3.05) is 13.1 Å². The third-order valence-corrected chi connectivity index (χ3v) is 5.21. The molecule has 2 aromatic rings. The summed E-state index contributed by atoms with van der Waals surface area (Å²) in [6.45, 7) is 16.3. The summed E-state index contributed by atoms with van der Waals surface area (Å²) in [5, 5.41) is 7.73. The minimum Gasteiger partial charge on any atom is -0.350 e. The Morgan fingerprint density at radius 3 is 2.39 bits per heavy atom. The van der Waals surface area contributed by atoms with Crippen molar-refractivity contribution in [3.8, 4) is 5.95 Å². The summed E-state index contributed by atoms with van der Waals surface area (Å²) in [6, 6.07) is 2.31. The number of hydrogen-bond acceptors (Lipinski definition) is 5. The maximum absolute atomic E-state index is 12.9. The van der Waals surface area contributed by atoms with Crippen LogP contribution in [0.15, 0.2) is 12.3 Å². The van der Waals surface area contributed by atoms with Gasteiger partial charge in [0, 0.05) is 42.3 Å². The molecule has 0 bridgehead atoms. The van der Waals surface area contributed by atoms with Crippen molar-refractivity contribution in [2.45, 2.75) is 72.4 Å². The van der Waals surface area contributed by atoms with E-state index in [1.54, 1.807) is 10.9 Å². The summed E-state index contributed by atoms with van der Waals surface area (Å²) in [5.41, 5.74) is 3.24. The first kappa shape index (κ1) is 20.5. The van der Waals surface area contributed by atoms with E-state index in [9.17, 15) is 4.79 Å². The van der Waals surface area contributed by atoms with Gasteiger partial charge in [-0.3, -0.25) is 9.69 Å². The Balaban J connectivity index is 1.79. The molecule has 0 aliphatic carbocycles. The molecule has 7 heteroatoms. The van der Waals surface area contributed by atoms with Crippen molar-refractivity contribution in [1.29, 1.82) is 0 Å². The van der Waals surface area contributed by atoms with Crippen molar-refractivity contribution in [3.63, 3.8) is 0 Å². The van der Waals surface area contributed by atoms with Crippen LogP contribution in [0.3, 0.4) is 0 Å². The highest BCUT2D eigenvalue weighted by Crippen LogP contribution is 2.27. The first-order valence-electron chi connectivity index (χ1n) is 10.0. The molecule has 1 amide bonds. The predicted octanol–water partition coefficient (Wildman–Crippen LogP) is 3.01. The van der Waals surface area contributed by atoms with Gasteiger partial charge < -0.3 is 5.32 Å². The Hall–Kier alpha value is -2.28. The van der Waals surface area contributed by atoms with E-state index in [1.807, 2.05) is 33.8 Å². The minimum atomic E-state index is -0.0833. The zero-order chi connectivity index (χ0) is 20.6. The summed E-state index contributed by atoms with van der Waals surface area (Å²) in [4.78, 5) is 24.3. The molecule has 1 aliphatic heterocycles. The van der Waals surface area contributed by atoms with E-state index in [-0.39, 0.29) is 17.4 Å². The van der Waals surface area contributed by atoms with Gasteiger partial charge in [-0.15, -0.1) is 0 Å². The second-order valence-corrected chi connectivity index (χ2v) is 8.99. The van der Waals surface area contributed by atoms with Crippen LogP contribution in [0.5, 0.6) is 0 Å². The van der Waals surface area contributed by atoms with Crippen molar-refractivity contribution in [3.05, 3.63) is 34.9 Å². The first-order chi connectivity index (χ1) is 13.1. The summed E-state index contributed by atoms with van der Waals surface area (Å²) >= 11 is 0. The fourth-order valence-electron chi connectivity index (χ4n) is 3.74. The van der Waals surface area contributed by atoms with E-state index in [4.69, 9.17) is 0 Å². The molecule has 2 aromatic heterocycles. The van der Waals surface area contributed by atoms with Gasteiger partial charge in [0.1, 0.15) is 0 Å². The first-order valence-corrected chi connectivity index (χ1v) is 10.0. The second-order valence-electron chi connectivity index (χ2n) is 8.99. The third kappa shape index (κ3) is 4.24. The minimum absolute atomic E-state index is 0.0833. The number of carbonyl (C=O) groups excluding carboxylic acids is 1. The standard InChI is InChI=1S/C21H32N6O/c1-13(2)18-17(12-27(25-18)20-23-14(3)10-15(4)24-20)19(28)22-11-16-8-9-26(16)21(5,6)7/h10,12-13,16H,8-9,11H2,1-7H3,(H,22,28). The molecule has 152 valence electrons. The largest absolute Gasteiger partial charge is 0.350 e. The van der Waals surface area contributed by atoms with Crippen molar-refractivity contribution in [1.82, 2.24) is 30.0 Å². The van der Waals surface area contributed by atoms with Gasteiger partial charge >= 0.3 is 0 Å². The number of aromatic nitrogens is 4. The summed E-state index contributed by atoms with van der Waals surface area (Å²) in [5.74, 6) is 0.541. The van der Waals surface area contributed by atoms with Gasteiger partial charge in [0.15, 0.2) is 0 Å². The van der Waals surface area contributed by atoms with Crippen LogP contribution in [0.25, 0.3) is 5.95 Å². The number of hydrogen-bond donors (Lipinski definition) is 1. The molecule has 1 unspecified atom stereocenters. The molecule has 7 nitrogen and oxygen atoms in total.